The molecule has 142 valence electrons. The van der Waals surface area contributed by atoms with Gasteiger partial charge >= 0.3 is 0 Å². The molecule has 2 heterocycles. The highest BCUT2D eigenvalue weighted by Crippen LogP contribution is 2.43. The summed E-state index contributed by atoms with van der Waals surface area (Å²) in [5, 5.41) is 10.2. The number of amides is 1. The van der Waals surface area contributed by atoms with Crippen molar-refractivity contribution >= 4 is 28.3 Å². The number of aryl methyl sites for hydroxylation is 2. The van der Waals surface area contributed by atoms with Gasteiger partial charge in [-0.2, -0.15) is 0 Å². The third-order valence-corrected chi connectivity index (χ3v) is 6.90. The van der Waals surface area contributed by atoms with Crippen LogP contribution < -0.4 is 4.90 Å². The minimum atomic E-state index is -0.0234. The molecule has 1 amide bonds. The Labute approximate surface area is 164 Å². The molecule has 0 saturated carbocycles. The maximum Gasteiger partial charge on any atom is 0.214 e. The van der Waals surface area contributed by atoms with Crippen molar-refractivity contribution in [1.82, 2.24) is 4.90 Å². The lowest BCUT2D eigenvalue weighted by molar-refractivity contribution is -0.107. The first-order valence-corrected chi connectivity index (χ1v) is 10.5. The van der Waals surface area contributed by atoms with Crippen molar-refractivity contribution < 1.29 is 9.90 Å². The summed E-state index contributed by atoms with van der Waals surface area (Å²) in [6.07, 6.45) is 5.05. The summed E-state index contributed by atoms with van der Waals surface area (Å²) in [4.78, 5) is 16.9. The van der Waals surface area contributed by atoms with Crippen LogP contribution in [0, 0.1) is 0 Å². The van der Waals surface area contributed by atoms with E-state index >= 15 is 0 Å². The van der Waals surface area contributed by atoms with Gasteiger partial charge in [0, 0.05) is 24.5 Å². The lowest BCUT2D eigenvalue weighted by Crippen LogP contribution is -2.27. The Morgan fingerprint density at radius 2 is 1.93 bits per heavy atom. The van der Waals surface area contributed by atoms with Gasteiger partial charge in [0.15, 0.2) is 0 Å². The van der Waals surface area contributed by atoms with E-state index < -0.39 is 0 Å². The van der Waals surface area contributed by atoms with Crippen LogP contribution in [-0.4, -0.2) is 49.7 Å². The first-order chi connectivity index (χ1) is 13.2. The number of fused-ring (bicyclic) bond motifs is 2. The van der Waals surface area contributed by atoms with Gasteiger partial charge in [0.2, 0.25) is 6.41 Å². The average molecular weight is 383 g/mol. The summed E-state index contributed by atoms with van der Waals surface area (Å²) in [5.74, 6) is 0. The van der Waals surface area contributed by atoms with Crippen molar-refractivity contribution in [1.29, 1.82) is 0 Å². The van der Waals surface area contributed by atoms with E-state index in [1.165, 1.54) is 32.7 Å². The fraction of sp³-hybridized carbons (Fsp3) is 0.409. The van der Waals surface area contributed by atoms with Crippen molar-refractivity contribution in [3.05, 3.63) is 57.5 Å². The zero-order valence-corrected chi connectivity index (χ0v) is 16.6. The van der Waals surface area contributed by atoms with E-state index in [0.717, 1.165) is 50.2 Å². The molecule has 0 spiro atoms. The SMILES string of the molecule is CN1CCC(=C2c3ccccc3CCc3sc(N(C=O)CCO)cc32)CC1. The van der Waals surface area contributed by atoms with Crippen LogP contribution in [0.25, 0.3) is 5.57 Å². The fourth-order valence-corrected chi connectivity index (χ4v) is 5.33. The summed E-state index contributed by atoms with van der Waals surface area (Å²) in [7, 11) is 2.19. The molecule has 0 atom stereocenters. The number of carbonyl (C=O) groups excluding carboxylic acids is 1. The first-order valence-electron chi connectivity index (χ1n) is 9.66. The van der Waals surface area contributed by atoms with E-state index in [1.54, 1.807) is 16.2 Å². The molecule has 0 radical (unpaired) electrons. The van der Waals surface area contributed by atoms with Crippen LogP contribution in [0.5, 0.6) is 0 Å². The molecule has 27 heavy (non-hydrogen) atoms. The highest BCUT2D eigenvalue weighted by Gasteiger charge is 2.26. The van der Waals surface area contributed by atoms with E-state index in [0.29, 0.717) is 6.54 Å². The molecule has 1 fully saturated rings. The van der Waals surface area contributed by atoms with Gasteiger partial charge in [-0.3, -0.25) is 4.79 Å². The number of hydrogen-bond acceptors (Lipinski definition) is 4. The molecular weight excluding hydrogens is 356 g/mol. The molecule has 4 rings (SSSR count). The number of hydrogen-bond donors (Lipinski definition) is 1. The Morgan fingerprint density at radius 3 is 2.67 bits per heavy atom. The Morgan fingerprint density at radius 1 is 1.15 bits per heavy atom. The fourth-order valence-electron chi connectivity index (χ4n) is 4.17. The van der Waals surface area contributed by atoms with Gasteiger partial charge in [-0.1, -0.05) is 29.8 Å². The Bertz CT molecular complexity index is 861. The molecule has 1 saturated heterocycles. The summed E-state index contributed by atoms with van der Waals surface area (Å²) in [5.41, 5.74) is 7.01. The zero-order valence-electron chi connectivity index (χ0n) is 15.8. The number of rotatable bonds is 4. The van der Waals surface area contributed by atoms with Crippen LogP contribution >= 0.6 is 11.3 Å². The maximum atomic E-state index is 11.5. The molecule has 2 aromatic rings. The second-order valence-corrected chi connectivity index (χ2v) is 8.50. The largest absolute Gasteiger partial charge is 0.395 e. The minimum Gasteiger partial charge on any atom is -0.395 e. The monoisotopic (exact) mass is 382 g/mol. The lowest BCUT2D eigenvalue weighted by atomic mass is 9.88. The Kier molecular flexibility index (Phi) is 5.43. The Balaban J connectivity index is 1.85. The van der Waals surface area contributed by atoms with Gasteiger partial charge in [0.05, 0.1) is 11.6 Å². The highest BCUT2D eigenvalue weighted by atomic mass is 32.1. The minimum absolute atomic E-state index is 0.0234. The summed E-state index contributed by atoms with van der Waals surface area (Å²) in [6, 6.07) is 11.0. The van der Waals surface area contributed by atoms with Crippen molar-refractivity contribution in [2.24, 2.45) is 0 Å². The van der Waals surface area contributed by atoms with Gasteiger partial charge in [-0.25, -0.2) is 0 Å². The molecule has 2 aliphatic rings. The molecule has 1 aromatic heterocycles. The predicted molar refractivity (Wildman–Crippen MR) is 111 cm³/mol. The number of anilines is 1. The van der Waals surface area contributed by atoms with Gasteiger partial charge in [-0.15, -0.1) is 11.3 Å². The maximum absolute atomic E-state index is 11.5. The number of benzene rings is 1. The second kappa shape index (κ2) is 7.97. The van der Waals surface area contributed by atoms with Crippen LogP contribution in [-0.2, 0) is 17.6 Å². The normalized spacial score (nSPS) is 17.3. The van der Waals surface area contributed by atoms with Gasteiger partial charge in [-0.05, 0) is 61.1 Å². The van der Waals surface area contributed by atoms with Gasteiger partial charge < -0.3 is 14.9 Å². The van der Waals surface area contributed by atoms with E-state index in [4.69, 9.17) is 0 Å². The predicted octanol–water partition coefficient (Wildman–Crippen LogP) is 3.33. The van der Waals surface area contributed by atoms with Crippen LogP contribution in [0.2, 0.25) is 0 Å². The number of aliphatic hydroxyl groups excluding tert-OH is 1. The summed E-state index contributed by atoms with van der Waals surface area (Å²) < 4.78 is 0. The molecule has 0 unspecified atom stereocenters. The molecule has 4 nitrogen and oxygen atoms in total. The molecule has 1 aliphatic heterocycles. The van der Waals surface area contributed by atoms with Crippen LogP contribution in [0.1, 0.15) is 34.4 Å². The van der Waals surface area contributed by atoms with Crippen molar-refractivity contribution in [3.63, 3.8) is 0 Å². The number of likely N-dealkylation sites (tertiary alicyclic amines) is 1. The number of carbonyl (C=O) groups is 1. The number of aliphatic hydroxyl groups is 1. The van der Waals surface area contributed by atoms with E-state index in [2.05, 4.69) is 42.3 Å². The zero-order chi connectivity index (χ0) is 18.8. The van der Waals surface area contributed by atoms with Crippen LogP contribution in [0.4, 0.5) is 5.00 Å². The van der Waals surface area contributed by atoms with Gasteiger partial charge in [0.25, 0.3) is 0 Å². The topological polar surface area (TPSA) is 43.8 Å². The molecule has 1 aromatic carbocycles. The third-order valence-electron chi connectivity index (χ3n) is 5.67. The Hall–Kier alpha value is -1.95. The second-order valence-electron chi connectivity index (χ2n) is 7.38. The molecule has 5 heteroatoms. The summed E-state index contributed by atoms with van der Waals surface area (Å²) >= 11 is 1.70. The molecule has 0 bridgehead atoms. The number of piperidine rings is 1. The quantitative estimate of drug-likeness (QED) is 0.825. The van der Waals surface area contributed by atoms with Crippen molar-refractivity contribution in [3.8, 4) is 0 Å². The van der Waals surface area contributed by atoms with E-state index in [9.17, 15) is 9.90 Å². The highest BCUT2D eigenvalue weighted by molar-refractivity contribution is 7.16. The standard InChI is InChI=1S/C22H26N2O2S/c1-23-10-8-17(9-11-23)22-18-5-3-2-4-16(18)6-7-20-19(22)14-21(27-20)24(15-26)12-13-25/h2-5,14-15,25H,6-13H2,1H3. The molecule has 1 N–H and O–H groups in total. The number of thiophene rings is 1. The van der Waals surface area contributed by atoms with Crippen molar-refractivity contribution in [2.75, 3.05) is 38.2 Å². The van der Waals surface area contributed by atoms with E-state index in [1.807, 2.05) is 0 Å². The lowest BCUT2D eigenvalue weighted by Gasteiger charge is -2.27. The first kappa shape index (κ1) is 18.4. The average Bonchev–Trinajstić information content (AvgIpc) is 3.04. The molecular formula is C22H26N2O2S. The van der Waals surface area contributed by atoms with Crippen molar-refractivity contribution in [2.45, 2.75) is 25.7 Å². The molecule has 1 aliphatic carbocycles. The van der Waals surface area contributed by atoms with Crippen LogP contribution in [0.15, 0.2) is 35.9 Å². The third kappa shape index (κ3) is 3.59. The van der Waals surface area contributed by atoms with Crippen LogP contribution in [0.3, 0.4) is 0 Å². The smallest absolute Gasteiger partial charge is 0.214 e. The number of nitrogens with zero attached hydrogens (tertiary/aromatic N) is 2. The van der Waals surface area contributed by atoms with E-state index in [-0.39, 0.29) is 6.61 Å². The summed E-state index contributed by atoms with van der Waals surface area (Å²) in [6.45, 7) is 2.51. The van der Waals surface area contributed by atoms with Gasteiger partial charge in [0.1, 0.15) is 0 Å².